The van der Waals surface area contributed by atoms with Gasteiger partial charge in [0.25, 0.3) is 0 Å². The third-order valence-corrected chi connectivity index (χ3v) is 13.3. The van der Waals surface area contributed by atoms with E-state index in [0.29, 0.717) is 5.92 Å². The van der Waals surface area contributed by atoms with Crippen molar-refractivity contribution < 1.29 is 0 Å². The lowest BCUT2D eigenvalue weighted by Gasteiger charge is -2.49. The minimum absolute atomic E-state index is 0.0689. The molecule has 2 atom stereocenters. The number of fused-ring (bicyclic) bond motifs is 9. The zero-order valence-corrected chi connectivity index (χ0v) is 34.7. The second-order valence-corrected chi connectivity index (χ2v) is 17.5. The molecule has 0 bridgehead atoms. The van der Waals surface area contributed by atoms with Crippen LogP contribution in [0.2, 0.25) is 0 Å². The van der Waals surface area contributed by atoms with Gasteiger partial charge in [0.1, 0.15) is 0 Å². The van der Waals surface area contributed by atoms with Gasteiger partial charge in [-0.05, 0) is 81.0 Å². The molecule has 3 aliphatic carbocycles. The summed E-state index contributed by atoms with van der Waals surface area (Å²) in [5, 5.41) is 0. The molecule has 2 heteroatoms. The molecule has 10 rings (SSSR count). The molecule has 0 fully saturated rings. The zero-order chi connectivity index (χ0) is 40.3. The molecule has 0 saturated carbocycles. The monoisotopic (exact) mass is 762 g/mol. The van der Waals surface area contributed by atoms with Gasteiger partial charge in [-0.25, -0.2) is 9.97 Å². The minimum Gasteiger partial charge on any atom is -0.228 e. The van der Waals surface area contributed by atoms with Crippen molar-refractivity contribution in [2.75, 3.05) is 0 Å². The number of benzene rings is 6. The summed E-state index contributed by atoms with van der Waals surface area (Å²) < 4.78 is 0. The third-order valence-electron chi connectivity index (χ3n) is 13.3. The molecule has 0 radical (unpaired) electrons. The summed E-state index contributed by atoms with van der Waals surface area (Å²) in [6.07, 6.45) is 10.8. The van der Waals surface area contributed by atoms with Gasteiger partial charge < -0.3 is 0 Å². The summed E-state index contributed by atoms with van der Waals surface area (Å²) in [5.74, 6) is 1.56. The van der Waals surface area contributed by atoms with Gasteiger partial charge in [0.2, 0.25) is 0 Å². The summed E-state index contributed by atoms with van der Waals surface area (Å²) in [5.41, 5.74) is 18.0. The molecule has 0 aliphatic heterocycles. The average Bonchev–Trinajstić information content (AvgIpc) is 3.58. The Bertz CT molecular complexity index is 2690. The van der Waals surface area contributed by atoms with Crippen LogP contribution < -0.4 is 0 Å². The van der Waals surface area contributed by atoms with E-state index >= 15 is 0 Å². The van der Waals surface area contributed by atoms with E-state index < -0.39 is 5.41 Å². The van der Waals surface area contributed by atoms with Gasteiger partial charge >= 0.3 is 0 Å². The maximum atomic E-state index is 5.44. The topological polar surface area (TPSA) is 25.8 Å². The lowest BCUT2D eigenvalue weighted by Crippen LogP contribution is -2.44. The first-order chi connectivity index (χ1) is 28.8. The van der Waals surface area contributed by atoms with Gasteiger partial charge in [0.05, 0.1) is 16.8 Å². The van der Waals surface area contributed by atoms with E-state index in [2.05, 4.69) is 217 Å². The van der Waals surface area contributed by atoms with Crippen molar-refractivity contribution in [3.8, 4) is 33.9 Å². The maximum absolute atomic E-state index is 5.44. The highest BCUT2D eigenvalue weighted by Gasteiger charge is 2.58. The highest BCUT2D eigenvalue weighted by atomic mass is 14.9. The van der Waals surface area contributed by atoms with Gasteiger partial charge in [0.15, 0.2) is 5.82 Å². The van der Waals surface area contributed by atoms with Crippen LogP contribution in [0, 0.1) is 11.8 Å². The van der Waals surface area contributed by atoms with Crippen molar-refractivity contribution in [1.82, 2.24) is 9.97 Å². The van der Waals surface area contributed by atoms with Crippen LogP contribution in [0.1, 0.15) is 91.5 Å². The van der Waals surface area contributed by atoms with Crippen molar-refractivity contribution in [2.45, 2.75) is 57.8 Å². The average molecular weight is 763 g/mol. The summed E-state index contributed by atoms with van der Waals surface area (Å²) in [6, 6.07) is 57.9. The van der Waals surface area contributed by atoms with Crippen LogP contribution in [-0.4, -0.2) is 9.97 Å². The summed E-state index contributed by atoms with van der Waals surface area (Å²) in [4.78, 5) is 10.9. The molecule has 59 heavy (non-hydrogen) atoms. The highest BCUT2D eigenvalue weighted by molar-refractivity contribution is 5.84. The summed E-state index contributed by atoms with van der Waals surface area (Å²) >= 11 is 0. The van der Waals surface area contributed by atoms with E-state index in [-0.39, 0.29) is 17.3 Å². The van der Waals surface area contributed by atoms with Crippen LogP contribution in [0.25, 0.3) is 45.0 Å². The number of aromatic nitrogens is 2. The Labute approximate surface area is 349 Å². The molecule has 288 valence electrons. The van der Waals surface area contributed by atoms with Crippen LogP contribution in [0.15, 0.2) is 182 Å². The molecule has 0 N–H and O–H groups in total. The molecule has 2 nitrogen and oxygen atoms in total. The lowest BCUT2D eigenvalue weighted by atomic mass is 9.53. The number of rotatable bonds is 7. The third kappa shape index (κ3) is 5.91. The van der Waals surface area contributed by atoms with Crippen LogP contribution in [0.3, 0.4) is 0 Å². The number of hydrogen-bond donors (Lipinski definition) is 0. The van der Waals surface area contributed by atoms with Crippen molar-refractivity contribution in [3.63, 3.8) is 0 Å². The number of nitrogens with zero attached hydrogens (tertiary/aromatic N) is 2. The smallest absolute Gasteiger partial charge is 0.160 e. The molecular formula is C57H50N2. The molecule has 0 saturated heterocycles. The van der Waals surface area contributed by atoms with E-state index in [1.807, 2.05) is 0 Å². The Morgan fingerprint density at radius 1 is 0.610 bits per heavy atom. The molecule has 0 amide bonds. The maximum Gasteiger partial charge on any atom is 0.160 e. The van der Waals surface area contributed by atoms with Crippen molar-refractivity contribution >= 4 is 11.1 Å². The molecule has 1 aromatic heterocycles. The fourth-order valence-electron chi connectivity index (χ4n) is 10.7. The molecule has 1 spiro atoms. The van der Waals surface area contributed by atoms with E-state index in [1.165, 1.54) is 55.7 Å². The van der Waals surface area contributed by atoms with E-state index in [4.69, 9.17) is 9.97 Å². The Morgan fingerprint density at radius 2 is 1.15 bits per heavy atom. The van der Waals surface area contributed by atoms with Gasteiger partial charge in [0, 0.05) is 33.9 Å². The Morgan fingerprint density at radius 3 is 1.71 bits per heavy atom. The van der Waals surface area contributed by atoms with E-state index in [1.54, 1.807) is 0 Å². The fourth-order valence-corrected chi connectivity index (χ4v) is 10.7. The first kappa shape index (κ1) is 36.9. The van der Waals surface area contributed by atoms with Gasteiger partial charge in [-0.1, -0.05) is 204 Å². The number of allylic oxidation sites excluding steroid dienone is 6. The molecular weight excluding hydrogens is 713 g/mol. The molecule has 6 aromatic carbocycles. The fraction of sp³-hybridized carbons (Fsp3) is 0.193. The Kier molecular flexibility index (Phi) is 9.05. The number of hydrogen-bond acceptors (Lipinski definition) is 2. The predicted octanol–water partition coefficient (Wildman–Crippen LogP) is 14.3. The van der Waals surface area contributed by atoms with Crippen LogP contribution in [0.4, 0.5) is 0 Å². The highest BCUT2D eigenvalue weighted by Crippen LogP contribution is 2.66. The second-order valence-electron chi connectivity index (χ2n) is 17.5. The van der Waals surface area contributed by atoms with Crippen molar-refractivity contribution in [1.29, 1.82) is 0 Å². The lowest BCUT2D eigenvalue weighted by molar-refractivity contribution is 0.421. The van der Waals surface area contributed by atoms with Crippen LogP contribution >= 0.6 is 0 Å². The SMILES string of the molecule is C/C=C(\CC(C)C)c1ccc(C2=CC3c4c(-c5nc(-c6ccccc6)cc(-c6ccccc6)n5)cccc4C4(c5ccccc5C(C)(C)c5ccccc54)C3C=C2)cc1. The first-order valence-electron chi connectivity index (χ1n) is 21.3. The van der Waals surface area contributed by atoms with Gasteiger partial charge in [-0.15, -0.1) is 0 Å². The quantitative estimate of drug-likeness (QED) is 0.162. The van der Waals surface area contributed by atoms with Gasteiger partial charge in [-0.3, -0.25) is 0 Å². The Hall–Kier alpha value is -6.38. The van der Waals surface area contributed by atoms with E-state index in [0.717, 1.165) is 40.3 Å². The Balaban J connectivity index is 1.23. The molecule has 1 heterocycles. The summed E-state index contributed by atoms with van der Waals surface area (Å²) in [7, 11) is 0. The zero-order valence-electron chi connectivity index (χ0n) is 34.7. The summed E-state index contributed by atoms with van der Waals surface area (Å²) in [6.45, 7) is 11.5. The van der Waals surface area contributed by atoms with Gasteiger partial charge in [-0.2, -0.15) is 0 Å². The molecule has 7 aromatic rings. The largest absolute Gasteiger partial charge is 0.228 e. The van der Waals surface area contributed by atoms with Crippen molar-refractivity contribution in [2.24, 2.45) is 11.8 Å². The molecule has 2 unspecified atom stereocenters. The first-order valence-corrected chi connectivity index (χ1v) is 21.3. The van der Waals surface area contributed by atoms with E-state index in [9.17, 15) is 0 Å². The molecule has 3 aliphatic rings. The second kappa shape index (κ2) is 14.5. The predicted molar refractivity (Wildman–Crippen MR) is 246 cm³/mol. The van der Waals surface area contributed by atoms with Crippen LogP contribution in [-0.2, 0) is 10.8 Å². The standard InChI is InChI=1S/C57H50N2/c1-6-38(34-37(2)3)39-28-30-40(31-29-39)43-32-33-46-45(35-43)54-44(55-58-52(41-18-9-7-10-19-41)36-53(59-55)42-20-11-8-12-21-42)22-17-27-51(54)57(46)49-25-15-13-23-47(49)56(4,5)48-24-14-16-26-50(48)57/h6-33,35-37,45-46H,34H2,1-5H3/b38-6+. The minimum atomic E-state index is -0.419. The van der Waals surface area contributed by atoms with Crippen LogP contribution in [0.5, 0.6) is 0 Å². The normalized spacial score (nSPS) is 18.2. The van der Waals surface area contributed by atoms with Crippen molar-refractivity contribution in [3.05, 3.63) is 227 Å².